The fourth-order valence-electron chi connectivity index (χ4n) is 3.36. The van der Waals surface area contributed by atoms with E-state index in [0.29, 0.717) is 5.75 Å². The van der Waals surface area contributed by atoms with Crippen molar-refractivity contribution in [2.45, 2.75) is 46.6 Å². The van der Waals surface area contributed by atoms with E-state index in [2.05, 4.69) is 26.1 Å². The Hall–Kier alpha value is -3.10. The quantitative estimate of drug-likeness (QED) is 0.320. The van der Waals surface area contributed by atoms with Crippen LogP contribution in [0, 0.1) is 15.5 Å². The average Bonchev–Trinajstić information content (AvgIpc) is 3.01. The van der Waals surface area contributed by atoms with Crippen LogP contribution >= 0.6 is 0 Å². The molecule has 9 heteroatoms. The summed E-state index contributed by atoms with van der Waals surface area (Å²) in [5.41, 5.74) is -0.507. The van der Waals surface area contributed by atoms with E-state index in [-0.39, 0.29) is 29.2 Å². The van der Waals surface area contributed by atoms with Gasteiger partial charge in [0.15, 0.2) is 18.1 Å². The summed E-state index contributed by atoms with van der Waals surface area (Å²) in [7, 11) is 0. The van der Waals surface area contributed by atoms with Gasteiger partial charge in [-0.05, 0) is 37.8 Å². The molecule has 0 saturated carbocycles. The molecule has 0 atom stereocenters. The van der Waals surface area contributed by atoms with E-state index < -0.39 is 28.9 Å². The number of esters is 1. The summed E-state index contributed by atoms with van der Waals surface area (Å²) in [5, 5.41) is 14.1. The lowest BCUT2D eigenvalue weighted by atomic mass is 9.82. The number of nitro benzene ring substituents is 1. The summed E-state index contributed by atoms with van der Waals surface area (Å²) >= 11 is 0. The van der Waals surface area contributed by atoms with E-state index in [0.717, 1.165) is 12.5 Å². The fourth-order valence-corrected chi connectivity index (χ4v) is 3.36. The van der Waals surface area contributed by atoms with Gasteiger partial charge in [0.05, 0.1) is 16.6 Å². The highest BCUT2D eigenvalue weighted by atomic mass is 16.7. The summed E-state index contributed by atoms with van der Waals surface area (Å²) in [6.45, 7) is 9.54. The van der Waals surface area contributed by atoms with Crippen molar-refractivity contribution in [3.8, 4) is 11.5 Å². The highest BCUT2D eigenvalue weighted by molar-refractivity contribution is 5.90. The number of nitrogens with one attached hydrogen (secondary N) is 1. The third-order valence-corrected chi connectivity index (χ3v) is 3.91. The molecule has 0 saturated heterocycles. The zero-order chi connectivity index (χ0) is 21.8. The number of nitrogens with zero attached hydrogens (tertiary/aromatic N) is 1. The van der Waals surface area contributed by atoms with Crippen molar-refractivity contribution >= 4 is 23.6 Å². The van der Waals surface area contributed by atoms with Crippen LogP contribution in [0.2, 0.25) is 0 Å². The molecule has 1 aromatic rings. The van der Waals surface area contributed by atoms with Crippen molar-refractivity contribution in [2.75, 3.05) is 13.4 Å². The molecular formula is C20H26N2O7. The first-order chi connectivity index (χ1) is 13.4. The van der Waals surface area contributed by atoms with Gasteiger partial charge >= 0.3 is 5.97 Å². The molecule has 0 bridgehead atoms. The molecule has 0 aliphatic carbocycles. The van der Waals surface area contributed by atoms with Crippen molar-refractivity contribution < 1.29 is 28.7 Å². The first kappa shape index (κ1) is 22.2. The molecule has 1 aliphatic heterocycles. The Balaban J connectivity index is 1.95. The third kappa shape index (κ3) is 6.78. The van der Waals surface area contributed by atoms with E-state index in [9.17, 15) is 19.7 Å². The highest BCUT2D eigenvalue weighted by Crippen LogP contribution is 2.38. The molecule has 1 aromatic carbocycles. The molecule has 29 heavy (non-hydrogen) atoms. The first-order valence-corrected chi connectivity index (χ1v) is 9.10. The number of amides is 1. The number of ether oxygens (including phenoxy) is 3. The Labute approximate surface area is 169 Å². The van der Waals surface area contributed by atoms with E-state index >= 15 is 0 Å². The number of nitro groups is 1. The molecule has 158 valence electrons. The lowest BCUT2D eigenvalue weighted by molar-refractivity contribution is -0.385. The Morgan fingerprint density at radius 1 is 1.21 bits per heavy atom. The number of benzene rings is 1. The van der Waals surface area contributed by atoms with Gasteiger partial charge in [-0.15, -0.1) is 0 Å². The van der Waals surface area contributed by atoms with Gasteiger partial charge in [0.1, 0.15) is 0 Å². The summed E-state index contributed by atoms with van der Waals surface area (Å²) in [6, 6.07) is 2.64. The number of hydrogen-bond donors (Lipinski definition) is 1. The Morgan fingerprint density at radius 3 is 2.41 bits per heavy atom. The second-order valence-electron chi connectivity index (χ2n) is 8.63. The van der Waals surface area contributed by atoms with Gasteiger partial charge in [0, 0.05) is 11.6 Å². The highest BCUT2D eigenvalue weighted by Gasteiger charge is 2.27. The maximum absolute atomic E-state index is 12.1. The van der Waals surface area contributed by atoms with Crippen LogP contribution in [0.5, 0.6) is 11.5 Å². The van der Waals surface area contributed by atoms with Crippen LogP contribution in [0.25, 0.3) is 6.08 Å². The minimum absolute atomic E-state index is 0.0233. The molecule has 0 spiro atoms. The Morgan fingerprint density at radius 2 is 1.83 bits per heavy atom. The average molecular weight is 406 g/mol. The zero-order valence-corrected chi connectivity index (χ0v) is 17.2. The van der Waals surface area contributed by atoms with Gasteiger partial charge in [-0.1, -0.05) is 20.8 Å². The van der Waals surface area contributed by atoms with Crippen molar-refractivity contribution in [1.82, 2.24) is 5.32 Å². The Kier molecular flexibility index (Phi) is 6.51. The van der Waals surface area contributed by atoms with E-state index in [1.54, 1.807) is 0 Å². The molecular weight excluding hydrogens is 380 g/mol. The van der Waals surface area contributed by atoms with Crippen LogP contribution in [-0.2, 0) is 14.3 Å². The number of rotatable bonds is 7. The monoisotopic (exact) mass is 406 g/mol. The predicted octanol–water partition coefficient (Wildman–Crippen LogP) is 3.21. The van der Waals surface area contributed by atoms with Crippen LogP contribution < -0.4 is 14.8 Å². The molecule has 0 fully saturated rings. The molecule has 2 rings (SSSR count). The lowest BCUT2D eigenvalue weighted by Gasteiger charge is -2.33. The molecule has 0 radical (unpaired) electrons. The van der Waals surface area contributed by atoms with Crippen molar-refractivity contribution in [1.29, 1.82) is 0 Å². The van der Waals surface area contributed by atoms with Gasteiger partial charge in [-0.25, -0.2) is 4.79 Å². The topological polar surface area (TPSA) is 117 Å². The number of carbonyl (C=O) groups excluding carboxylic acids is 2. The maximum atomic E-state index is 12.1. The van der Waals surface area contributed by atoms with E-state index in [1.165, 1.54) is 18.2 Å². The summed E-state index contributed by atoms with van der Waals surface area (Å²) in [4.78, 5) is 34.6. The summed E-state index contributed by atoms with van der Waals surface area (Å²) in [5.74, 6) is -0.592. The van der Waals surface area contributed by atoms with Crippen LogP contribution in [0.4, 0.5) is 5.69 Å². The summed E-state index contributed by atoms with van der Waals surface area (Å²) < 4.78 is 15.2. The maximum Gasteiger partial charge on any atom is 0.331 e. The van der Waals surface area contributed by atoms with Crippen LogP contribution in [0.1, 0.15) is 46.6 Å². The molecule has 9 nitrogen and oxygen atoms in total. The van der Waals surface area contributed by atoms with Gasteiger partial charge < -0.3 is 19.5 Å². The number of fused-ring (bicyclic) bond motifs is 1. The van der Waals surface area contributed by atoms with Gasteiger partial charge in [-0.2, -0.15) is 0 Å². The smallest absolute Gasteiger partial charge is 0.331 e. The van der Waals surface area contributed by atoms with Gasteiger partial charge in [0.2, 0.25) is 6.79 Å². The van der Waals surface area contributed by atoms with Crippen LogP contribution in [0.15, 0.2) is 18.2 Å². The van der Waals surface area contributed by atoms with Crippen molar-refractivity contribution in [3.05, 3.63) is 33.9 Å². The summed E-state index contributed by atoms with van der Waals surface area (Å²) in [6.07, 6.45) is 3.01. The van der Waals surface area contributed by atoms with Crippen molar-refractivity contribution in [2.24, 2.45) is 5.41 Å². The van der Waals surface area contributed by atoms with Crippen LogP contribution in [-0.4, -0.2) is 35.7 Å². The Bertz CT molecular complexity index is 838. The standard InChI is InChI=1S/C20H26N2O7/c1-19(2,3)11-20(4,5)21-17(23)10-27-18(24)7-6-13-8-15-16(29-12-28-15)9-14(13)22(25)26/h6-9H,10-12H2,1-5H3,(H,21,23)/b7-6+. The fraction of sp³-hybridized carbons (Fsp3) is 0.500. The lowest BCUT2D eigenvalue weighted by Crippen LogP contribution is -2.47. The third-order valence-electron chi connectivity index (χ3n) is 3.91. The molecule has 1 amide bonds. The normalized spacial score (nSPS) is 13.4. The second-order valence-corrected chi connectivity index (χ2v) is 8.63. The van der Waals surface area contributed by atoms with Gasteiger partial charge in [-0.3, -0.25) is 14.9 Å². The number of carbonyl (C=O) groups is 2. The second kappa shape index (κ2) is 8.50. The largest absolute Gasteiger partial charge is 0.454 e. The molecule has 1 heterocycles. The van der Waals surface area contributed by atoms with Crippen LogP contribution in [0.3, 0.4) is 0 Å². The molecule has 0 aromatic heterocycles. The SMILES string of the molecule is CC(C)(C)CC(C)(C)NC(=O)COC(=O)/C=C/c1cc2c(cc1[N+](=O)[O-])OCO2. The molecule has 1 aliphatic rings. The predicted molar refractivity (Wildman–Crippen MR) is 106 cm³/mol. The molecule has 1 N–H and O–H groups in total. The first-order valence-electron chi connectivity index (χ1n) is 9.10. The minimum atomic E-state index is -0.791. The molecule has 0 unspecified atom stereocenters. The van der Waals surface area contributed by atoms with Gasteiger partial charge in [0.25, 0.3) is 11.6 Å². The zero-order valence-electron chi connectivity index (χ0n) is 17.2. The van der Waals surface area contributed by atoms with E-state index in [4.69, 9.17) is 14.2 Å². The van der Waals surface area contributed by atoms with Crippen molar-refractivity contribution in [3.63, 3.8) is 0 Å². The minimum Gasteiger partial charge on any atom is -0.454 e. The number of hydrogen-bond acceptors (Lipinski definition) is 7. The van der Waals surface area contributed by atoms with E-state index in [1.807, 2.05) is 13.8 Å².